The summed E-state index contributed by atoms with van der Waals surface area (Å²) in [5.74, 6) is -1.13. The fraction of sp³-hybridized carbons (Fsp3) is 0.800. The van der Waals surface area contributed by atoms with Gasteiger partial charge in [-0.15, -0.1) is 0 Å². The molecule has 132 valence electrons. The van der Waals surface area contributed by atoms with Crippen molar-refractivity contribution in [3.05, 3.63) is 0 Å². The normalized spacial score (nSPS) is 21.7. The Morgan fingerprint density at radius 1 is 1.04 bits per heavy atom. The zero-order valence-electron chi connectivity index (χ0n) is 14.5. The standard InChI is InChI=1S/C15H26N2O6/c1-14(2,3)22-12(20)16-9-7-10(11(18)19)17(8-9)13(21)23-15(4,5)6/h9-10H,7-8H2,1-6H3,(H,16,20)(H,18,19)/t9-,10+/m1/s1. The number of ether oxygens (including phenoxy) is 2. The Morgan fingerprint density at radius 3 is 2.00 bits per heavy atom. The number of carbonyl (C=O) groups is 3. The summed E-state index contributed by atoms with van der Waals surface area (Å²) in [6.07, 6.45) is -1.25. The molecule has 0 saturated carbocycles. The van der Waals surface area contributed by atoms with Crippen LogP contribution in [0.3, 0.4) is 0 Å². The smallest absolute Gasteiger partial charge is 0.411 e. The minimum Gasteiger partial charge on any atom is -0.480 e. The summed E-state index contributed by atoms with van der Waals surface area (Å²) >= 11 is 0. The SMILES string of the molecule is CC(C)(C)OC(=O)N[C@@H]1C[C@@H](C(=O)O)N(C(=O)OC(C)(C)C)C1. The van der Waals surface area contributed by atoms with Crippen molar-refractivity contribution in [1.29, 1.82) is 0 Å². The lowest BCUT2D eigenvalue weighted by molar-refractivity contribution is -0.142. The number of rotatable bonds is 2. The lowest BCUT2D eigenvalue weighted by Crippen LogP contribution is -2.44. The van der Waals surface area contributed by atoms with Crippen molar-refractivity contribution in [2.24, 2.45) is 0 Å². The minimum atomic E-state index is -1.13. The quantitative estimate of drug-likeness (QED) is 0.802. The number of nitrogens with one attached hydrogen (secondary N) is 1. The van der Waals surface area contributed by atoms with Crippen LogP contribution >= 0.6 is 0 Å². The molecule has 8 heteroatoms. The van der Waals surface area contributed by atoms with E-state index >= 15 is 0 Å². The molecule has 1 heterocycles. The maximum Gasteiger partial charge on any atom is 0.411 e. The van der Waals surface area contributed by atoms with Crippen LogP contribution in [0.15, 0.2) is 0 Å². The molecule has 0 aliphatic carbocycles. The molecule has 0 radical (unpaired) electrons. The maximum absolute atomic E-state index is 12.1. The van der Waals surface area contributed by atoms with Crippen LogP contribution in [0.1, 0.15) is 48.0 Å². The van der Waals surface area contributed by atoms with Gasteiger partial charge in [0.1, 0.15) is 17.2 Å². The van der Waals surface area contributed by atoms with Crippen LogP contribution in [-0.4, -0.2) is 58.0 Å². The van der Waals surface area contributed by atoms with Gasteiger partial charge in [-0.25, -0.2) is 14.4 Å². The zero-order chi connectivity index (χ0) is 18.0. The third-order valence-electron chi connectivity index (χ3n) is 2.94. The molecular formula is C15H26N2O6. The van der Waals surface area contributed by atoms with Crippen molar-refractivity contribution >= 4 is 18.2 Å². The largest absolute Gasteiger partial charge is 0.480 e. The Balaban J connectivity index is 2.73. The first-order valence-electron chi connectivity index (χ1n) is 7.50. The van der Waals surface area contributed by atoms with Gasteiger partial charge in [-0.3, -0.25) is 4.90 Å². The molecule has 8 nitrogen and oxygen atoms in total. The molecule has 0 unspecified atom stereocenters. The lowest BCUT2D eigenvalue weighted by Gasteiger charge is -2.26. The molecule has 1 aliphatic heterocycles. The molecule has 2 N–H and O–H groups in total. The van der Waals surface area contributed by atoms with Gasteiger partial charge >= 0.3 is 18.2 Å². The summed E-state index contributed by atoms with van der Waals surface area (Å²) < 4.78 is 10.4. The summed E-state index contributed by atoms with van der Waals surface area (Å²) in [5.41, 5.74) is -1.38. The molecular weight excluding hydrogens is 304 g/mol. The molecule has 0 spiro atoms. The highest BCUT2D eigenvalue weighted by Gasteiger charge is 2.42. The Morgan fingerprint density at radius 2 is 1.57 bits per heavy atom. The summed E-state index contributed by atoms with van der Waals surface area (Å²) in [6, 6.07) is -1.54. The first kappa shape index (κ1) is 19.1. The van der Waals surface area contributed by atoms with E-state index in [4.69, 9.17) is 9.47 Å². The Kier molecular flexibility index (Phi) is 5.50. The number of carboxylic acid groups (broad SMARTS) is 1. The minimum absolute atomic E-state index is 0.0606. The molecule has 0 aromatic carbocycles. The Labute approximate surface area is 136 Å². The Bertz CT molecular complexity index is 477. The van der Waals surface area contributed by atoms with Crippen LogP contribution in [0.2, 0.25) is 0 Å². The number of carboxylic acids is 1. The Hall–Kier alpha value is -1.99. The number of likely N-dealkylation sites (tertiary alicyclic amines) is 1. The summed E-state index contributed by atoms with van der Waals surface area (Å²) in [4.78, 5) is 36.4. The van der Waals surface area contributed by atoms with Crippen molar-refractivity contribution in [2.75, 3.05) is 6.54 Å². The number of hydrogen-bond acceptors (Lipinski definition) is 5. The van der Waals surface area contributed by atoms with Crippen LogP contribution in [-0.2, 0) is 14.3 Å². The second-order valence-corrected chi connectivity index (χ2v) is 7.57. The maximum atomic E-state index is 12.1. The van der Waals surface area contributed by atoms with E-state index in [1.807, 2.05) is 0 Å². The predicted molar refractivity (Wildman–Crippen MR) is 82.1 cm³/mol. The van der Waals surface area contributed by atoms with E-state index in [0.29, 0.717) is 0 Å². The fourth-order valence-corrected chi connectivity index (χ4v) is 2.17. The van der Waals surface area contributed by atoms with Crippen LogP contribution < -0.4 is 5.32 Å². The van der Waals surface area contributed by atoms with Gasteiger partial charge in [-0.1, -0.05) is 0 Å². The number of nitrogens with zero attached hydrogens (tertiary/aromatic N) is 1. The van der Waals surface area contributed by atoms with Crippen LogP contribution in [0, 0.1) is 0 Å². The second-order valence-electron chi connectivity index (χ2n) is 7.57. The van der Waals surface area contributed by atoms with Gasteiger partial charge < -0.3 is 19.9 Å². The van der Waals surface area contributed by atoms with E-state index in [1.165, 1.54) is 0 Å². The fourth-order valence-electron chi connectivity index (χ4n) is 2.17. The number of carbonyl (C=O) groups excluding carboxylic acids is 2. The van der Waals surface area contributed by atoms with Gasteiger partial charge in [0.15, 0.2) is 0 Å². The van der Waals surface area contributed by atoms with Gasteiger partial charge in [0.2, 0.25) is 0 Å². The average molecular weight is 330 g/mol. The molecule has 0 bridgehead atoms. The molecule has 2 amide bonds. The molecule has 0 aromatic rings. The van der Waals surface area contributed by atoms with Gasteiger partial charge in [0.25, 0.3) is 0 Å². The summed E-state index contributed by atoms with van der Waals surface area (Å²) in [5, 5.41) is 11.9. The van der Waals surface area contributed by atoms with E-state index in [-0.39, 0.29) is 13.0 Å². The van der Waals surface area contributed by atoms with Gasteiger partial charge in [-0.05, 0) is 41.5 Å². The number of hydrogen-bond donors (Lipinski definition) is 2. The van der Waals surface area contributed by atoms with Crippen LogP contribution in [0.5, 0.6) is 0 Å². The third kappa shape index (κ3) is 6.33. The predicted octanol–water partition coefficient (Wildman–Crippen LogP) is 1.97. The van der Waals surface area contributed by atoms with Crippen molar-refractivity contribution in [3.63, 3.8) is 0 Å². The summed E-state index contributed by atoms with van der Waals surface area (Å²) in [6.45, 7) is 10.4. The molecule has 23 heavy (non-hydrogen) atoms. The second kappa shape index (κ2) is 6.64. The highest BCUT2D eigenvalue weighted by Crippen LogP contribution is 2.22. The average Bonchev–Trinajstić information content (AvgIpc) is 2.67. The first-order chi connectivity index (χ1) is 10.3. The van der Waals surface area contributed by atoms with Crippen molar-refractivity contribution < 1.29 is 29.0 Å². The van der Waals surface area contributed by atoms with Crippen LogP contribution in [0.4, 0.5) is 9.59 Å². The topological polar surface area (TPSA) is 105 Å². The molecule has 1 fully saturated rings. The molecule has 1 saturated heterocycles. The van der Waals surface area contributed by atoms with E-state index in [2.05, 4.69) is 5.32 Å². The first-order valence-corrected chi connectivity index (χ1v) is 7.50. The van der Waals surface area contributed by atoms with Gasteiger partial charge in [-0.2, -0.15) is 0 Å². The number of amides is 2. The van der Waals surface area contributed by atoms with E-state index < -0.39 is 41.4 Å². The monoisotopic (exact) mass is 330 g/mol. The molecule has 2 atom stereocenters. The summed E-state index contributed by atoms with van der Waals surface area (Å²) in [7, 11) is 0. The zero-order valence-corrected chi connectivity index (χ0v) is 14.5. The van der Waals surface area contributed by atoms with Crippen LogP contribution in [0.25, 0.3) is 0 Å². The van der Waals surface area contributed by atoms with Gasteiger partial charge in [0, 0.05) is 13.0 Å². The van der Waals surface area contributed by atoms with E-state index in [9.17, 15) is 19.5 Å². The highest BCUT2D eigenvalue weighted by molar-refractivity contribution is 5.81. The molecule has 1 aliphatic rings. The number of alkyl carbamates (subject to hydrolysis) is 1. The third-order valence-corrected chi connectivity index (χ3v) is 2.94. The van der Waals surface area contributed by atoms with Crippen molar-refractivity contribution in [2.45, 2.75) is 71.2 Å². The van der Waals surface area contributed by atoms with E-state index in [0.717, 1.165) is 4.90 Å². The molecule has 0 aromatic heterocycles. The lowest BCUT2D eigenvalue weighted by atomic mass is 10.2. The van der Waals surface area contributed by atoms with Crippen molar-refractivity contribution in [3.8, 4) is 0 Å². The number of aliphatic carboxylic acids is 1. The van der Waals surface area contributed by atoms with Crippen molar-refractivity contribution in [1.82, 2.24) is 10.2 Å². The van der Waals surface area contributed by atoms with Gasteiger partial charge in [0.05, 0.1) is 6.04 Å². The molecule has 1 rings (SSSR count). The highest BCUT2D eigenvalue weighted by atomic mass is 16.6. The van der Waals surface area contributed by atoms with E-state index in [1.54, 1.807) is 41.5 Å².